The highest BCUT2D eigenvalue weighted by atomic mass is 16.5. The fourth-order valence-electron chi connectivity index (χ4n) is 4.21. The number of aromatic nitrogens is 4. The summed E-state index contributed by atoms with van der Waals surface area (Å²) >= 11 is 0. The molecule has 0 aromatic carbocycles. The molecule has 0 saturated carbocycles. The molecule has 4 N–H and O–H groups in total. The molecule has 0 spiro atoms. The lowest BCUT2D eigenvalue weighted by Crippen LogP contribution is -2.34. The molecule has 2 aliphatic rings. The molecule has 2 fully saturated rings. The molecule has 5 heterocycles. The summed E-state index contributed by atoms with van der Waals surface area (Å²) in [7, 11) is 0. The third-order valence-corrected chi connectivity index (χ3v) is 6.27. The van der Waals surface area contributed by atoms with Crippen molar-refractivity contribution in [2.75, 3.05) is 36.8 Å². The van der Waals surface area contributed by atoms with Crippen molar-refractivity contribution in [1.29, 1.82) is 0 Å². The van der Waals surface area contributed by atoms with Crippen molar-refractivity contribution in [3.05, 3.63) is 60.4 Å². The second-order valence-corrected chi connectivity index (χ2v) is 9.10. The molecule has 198 valence electrons. The van der Waals surface area contributed by atoms with Crippen LogP contribution in [0.1, 0.15) is 46.7 Å². The molecule has 2 saturated heterocycles. The lowest BCUT2D eigenvalue weighted by atomic mass is 10.1. The number of amides is 2. The molecule has 0 unspecified atom stereocenters. The summed E-state index contributed by atoms with van der Waals surface area (Å²) in [6.07, 6.45) is 8.20. The Morgan fingerprint density at radius 3 is 1.53 bits per heavy atom. The average Bonchev–Trinajstić information content (AvgIpc) is 2.96. The molecule has 12 nitrogen and oxygen atoms in total. The van der Waals surface area contributed by atoms with Gasteiger partial charge < -0.3 is 30.7 Å². The van der Waals surface area contributed by atoms with Crippen molar-refractivity contribution in [2.24, 2.45) is 0 Å². The molecule has 2 aliphatic heterocycles. The Balaban J connectivity index is 1.14. The van der Waals surface area contributed by atoms with E-state index in [4.69, 9.17) is 9.47 Å². The molecule has 3 aromatic heterocycles. The van der Waals surface area contributed by atoms with Crippen LogP contribution in [0.3, 0.4) is 0 Å². The predicted molar refractivity (Wildman–Crippen MR) is 139 cm³/mol. The highest BCUT2D eigenvalue weighted by Crippen LogP contribution is 2.18. The normalized spacial score (nSPS) is 16.4. The van der Waals surface area contributed by atoms with E-state index in [1.165, 1.54) is 24.8 Å². The van der Waals surface area contributed by atoms with Gasteiger partial charge in [-0.1, -0.05) is 0 Å². The van der Waals surface area contributed by atoms with Crippen molar-refractivity contribution < 1.29 is 19.1 Å². The van der Waals surface area contributed by atoms with Gasteiger partial charge in [-0.25, -0.2) is 19.9 Å². The van der Waals surface area contributed by atoms with Crippen LogP contribution in [0.25, 0.3) is 0 Å². The van der Waals surface area contributed by atoms with E-state index < -0.39 is 11.8 Å². The monoisotopic (exact) mass is 518 g/mol. The van der Waals surface area contributed by atoms with Gasteiger partial charge in [0, 0.05) is 18.2 Å². The van der Waals surface area contributed by atoms with Gasteiger partial charge in [0.1, 0.15) is 29.9 Å². The van der Waals surface area contributed by atoms with Crippen LogP contribution >= 0.6 is 0 Å². The van der Waals surface area contributed by atoms with Crippen molar-refractivity contribution in [3.63, 3.8) is 0 Å². The molecule has 3 aromatic rings. The Morgan fingerprint density at radius 2 is 1.13 bits per heavy atom. The summed E-state index contributed by atoms with van der Waals surface area (Å²) in [4.78, 5) is 42.0. The van der Waals surface area contributed by atoms with Gasteiger partial charge in [-0.15, -0.1) is 0 Å². The number of carbonyl (C=O) groups is 2. The van der Waals surface area contributed by atoms with Crippen LogP contribution in [-0.2, 0) is 0 Å². The number of nitrogens with one attached hydrogen (secondary N) is 4. The molecule has 2 amide bonds. The Hall–Kier alpha value is -4.16. The van der Waals surface area contributed by atoms with E-state index in [1.807, 2.05) is 0 Å². The topological polar surface area (TPSA) is 152 Å². The number of piperidine rings is 2. The van der Waals surface area contributed by atoms with Crippen LogP contribution in [0.15, 0.2) is 49.1 Å². The highest BCUT2D eigenvalue weighted by Gasteiger charge is 2.17. The minimum Gasteiger partial charge on any atom is -0.474 e. The quantitative estimate of drug-likeness (QED) is 0.348. The summed E-state index contributed by atoms with van der Waals surface area (Å²) in [5.41, 5.74) is 1.05. The first-order chi connectivity index (χ1) is 18.6. The van der Waals surface area contributed by atoms with E-state index in [0.717, 1.165) is 51.9 Å². The molecule has 12 heteroatoms. The van der Waals surface area contributed by atoms with Crippen molar-refractivity contribution in [3.8, 4) is 11.8 Å². The maximum Gasteiger partial charge on any atom is 0.274 e. The first kappa shape index (κ1) is 25.5. The fourth-order valence-corrected chi connectivity index (χ4v) is 4.21. The number of rotatable bonds is 8. The van der Waals surface area contributed by atoms with Crippen molar-refractivity contribution in [2.45, 2.75) is 37.9 Å². The number of hydrogen-bond acceptors (Lipinski definition) is 10. The van der Waals surface area contributed by atoms with Gasteiger partial charge in [0.25, 0.3) is 11.8 Å². The van der Waals surface area contributed by atoms with E-state index in [9.17, 15) is 9.59 Å². The SMILES string of the molecule is O=C(Nc1ccc(OC2CCNCC2)nc1)c1cc(C(=O)Nc2ccc(OC3CCNCC3)nc2)ncn1. The summed E-state index contributed by atoms with van der Waals surface area (Å²) < 4.78 is 11.8. The van der Waals surface area contributed by atoms with E-state index in [0.29, 0.717) is 23.1 Å². The highest BCUT2D eigenvalue weighted by molar-refractivity contribution is 6.06. The lowest BCUT2D eigenvalue weighted by Gasteiger charge is -2.23. The van der Waals surface area contributed by atoms with Gasteiger partial charge >= 0.3 is 0 Å². The van der Waals surface area contributed by atoms with Gasteiger partial charge in [0.15, 0.2) is 0 Å². The smallest absolute Gasteiger partial charge is 0.274 e. The number of anilines is 2. The molecule has 0 bridgehead atoms. The number of hydrogen-bond donors (Lipinski definition) is 4. The maximum absolute atomic E-state index is 12.7. The Bertz CT molecular complexity index is 1130. The Morgan fingerprint density at radius 1 is 0.684 bits per heavy atom. The van der Waals surface area contributed by atoms with Gasteiger partial charge in [0.2, 0.25) is 11.8 Å². The van der Waals surface area contributed by atoms with Crippen LogP contribution in [0.2, 0.25) is 0 Å². The number of carbonyl (C=O) groups excluding carboxylic acids is 2. The van der Waals surface area contributed by atoms with Gasteiger partial charge in [-0.3, -0.25) is 9.59 Å². The lowest BCUT2D eigenvalue weighted by molar-refractivity contribution is 0.102. The van der Waals surface area contributed by atoms with Crippen LogP contribution in [-0.4, -0.2) is 70.1 Å². The van der Waals surface area contributed by atoms with Gasteiger partial charge in [0.05, 0.1) is 23.8 Å². The second-order valence-electron chi connectivity index (χ2n) is 9.10. The summed E-state index contributed by atoms with van der Waals surface area (Å²) in [5.74, 6) is 0.0419. The van der Waals surface area contributed by atoms with Crippen molar-refractivity contribution in [1.82, 2.24) is 30.6 Å². The largest absolute Gasteiger partial charge is 0.474 e. The first-order valence-corrected chi connectivity index (χ1v) is 12.7. The zero-order valence-electron chi connectivity index (χ0n) is 20.9. The first-order valence-electron chi connectivity index (χ1n) is 12.7. The summed E-state index contributed by atoms with van der Waals surface area (Å²) in [6.45, 7) is 3.70. The Labute approximate surface area is 220 Å². The molecular formula is C26H30N8O4. The number of nitrogens with zero attached hydrogens (tertiary/aromatic N) is 4. The Kier molecular flexibility index (Phi) is 8.31. The third-order valence-electron chi connectivity index (χ3n) is 6.27. The zero-order valence-corrected chi connectivity index (χ0v) is 20.9. The molecule has 0 atom stereocenters. The van der Waals surface area contributed by atoms with E-state index in [1.54, 1.807) is 24.3 Å². The standard InChI is InChI=1S/C26H30N8O4/c35-25(33-17-1-3-23(29-14-17)37-19-5-9-27-10-6-19)21-13-22(32-16-31-21)26(36)34-18-2-4-24(30-15-18)38-20-7-11-28-12-8-20/h1-4,13-16,19-20,27-28H,5-12H2,(H,33,35)(H,34,36). The summed E-state index contributed by atoms with van der Waals surface area (Å²) in [5, 5.41) is 12.0. The van der Waals surface area contributed by atoms with Gasteiger partial charge in [-0.2, -0.15) is 0 Å². The molecule has 0 aliphatic carbocycles. The summed E-state index contributed by atoms with van der Waals surface area (Å²) in [6, 6.07) is 8.18. The molecule has 5 rings (SSSR count). The average molecular weight is 519 g/mol. The van der Waals surface area contributed by atoms with Crippen LogP contribution in [0.4, 0.5) is 11.4 Å². The van der Waals surface area contributed by atoms with Crippen molar-refractivity contribution >= 4 is 23.2 Å². The molecular weight excluding hydrogens is 488 g/mol. The van der Waals surface area contributed by atoms with E-state index in [2.05, 4.69) is 41.2 Å². The van der Waals surface area contributed by atoms with E-state index in [-0.39, 0.29) is 23.6 Å². The van der Waals surface area contributed by atoms with Crippen LogP contribution in [0, 0.1) is 0 Å². The maximum atomic E-state index is 12.7. The van der Waals surface area contributed by atoms with Crippen LogP contribution in [0.5, 0.6) is 11.8 Å². The number of pyridine rings is 2. The third kappa shape index (κ3) is 6.99. The zero-order chi connectivity index (χ0) is 26.2. The predicted octanol–water partition coefficient (Wildman–Crippen LogP) is 2.03. The van der Waals surface area contributed by atoms with Gasteiger partial charge in [-0.05, 0) is 64.0 Å². The molecule has 0 radical (unpaired) electrons. The molecule has 38 heavy (non-hydrogen) atoms. The fraction of sp³-hybridized carbons (Fsp3) is 0.385. The minimum atomic E-state index is -0.489. The minimum absolute atomic E-state index is 0.0454. The van der Waals surface area contributed by atoms with Crippen LogP contribution < -0.4 is 30.7 Å². The second kappa shape index (κ2) is 12.4. The van der Waals surface area contributed by atoms with E-state index >= 15 is 0 Å². The number of ether oxygens (including phenoxy) is 2.